The molecule has 0 unspecified atom stereocenters. The number of hydrogen-bond acceptors (Lipinski definition) is 2. The van der Waals surface area contributed by atoms with E-state index in [9.17, 15) is 0 Å². The summed E-state index contributed by atoms with van der Waals surface area (Å²) in [6, 6.07) is 0. The molecule has 4 N–H and O–H groups in total. The van der Waals surface area contributed by atoms with E-state index in [0.29, 0.717) is 0 Å². The van der Waals surface area contributed by atoms with Gasteiger partial charge < -0.3 is 11.3 Å². The molecule has 0 amide bonds. The zero-order valence-corrected chi connectivity index (χ0v) is 3.06. The molecule has 0 aliphatic rings. The molecule has 0 heterocycles. The minimum absolute atomic E-state index is 0. The summed E-state index contributed by atoms with van der Waals surface area (Å²) in [5.74, 6) is -0.833. The van der Waals surface area contributed by atoms with Gasteiger partial charge in [-0.25, -0.2) is 0 Å². The van der Waals surface area contributed by atoms with Crippen molar-refractivity contribution in [3.05, 3.63) is 0 Å². The van der Waals surface area contributed by atoms with Crippen molar-refractivity contribution in [1.29, 1.82) is 0 Å². The summed E-state index contributed by atoms with van der Waals surface area (Å²) < 4.78 is 0. The number of carboxylic acids is 1. The molecule has 4 heteroatoms. The van der Waals surface area contributed by atoms with Crippen molar-refractivity contribution in [2.75, 3.05) is 0 Å². The fourth-order valence-corrected chi connectivity index (χ4v) is 0. The van der Waals surface area contributed by atoms with Gasteiger partial charge in [-0.2, -0.15) is 0 Å². The van der Waals surface area contributed by atoms with E-state index < -0.39 is 5.97 Å². The van der Waals surface area contributed by atoms with Crippen molar-refractivity contribution >= 4 is 35.5 Å². The molecule has 3 nitrogen and oxygen atoms in total. The fourth-order valence-electron chi connectivity index (χ4n) is 0. The topological polar surface area (TPSA) is 72.3 Å². The summed E-state index contributed by atoms with van der Waals surface area (Å²) in [6.07, 6.45) is 0. The Morgan fingerprint density at radius 1 is 1.67 bits per heavy atom. The zero-order chi connectivity index (χ0) is 3.58. The van der Waals surface area contributed by atoms with Crippen LogP contribution < -0.4 is 6.15 Å². The summed E-state index contributed by atoms with van der Waals surface area (Å²) in [5, 5.41) is 7.42. The van der Waals surface area contributed by atoms with Crippen LogP contribution >= 0.6 is 0 Å². The molecular weight excluding hydrogens is 93.0 g/mol. The van der Waals surface area contributed by atoms with Crippen molar-refractivity contribution in [2.45, 2.75) is 6.92 Å². The van der Waals surface area contributed by atoms with Gasteiger partial charge >= 0.3 is 29.6 Å². The van der Waals surface area contributed by atoms with Crippen LogP contribution in [0.3, 0.4) is 0 Å². The molecule has 0 aliphatic heterocycles. The summed E-state index contributed by atoms with van der Waals surface area (Å²) in [7, 11) is 0. The molecule has 0 spiro atoms. The first-order valence-corrected chi connectivity index (χ1v) is 0.928. The SMILES string of the molecule is CC(=O)O.N.[NaH]. The molecule has 34 valence electrons. The first-order chi connectivity index (χ1) is 1.73. The summed E-state index contributed by atoms with van der Waals surface area (Å²) in [4.78, 5) is 9.00. The zero-order valence-electron chi connectivity index (χ0n) is 3.06. The first kappa shape index (κ1) is 16.1. The molecule has 0 radical (unpaired) electrons. The second-order valence-corrected chi connectivity index (χ2v) is 0.519. The van der Waals surface area contributed by atoms with E-state index in [1.54, 1.807) is 0 Å². The van der Waals surface area contributed by atoms with Gasteiger partial charge in [0.1, 0.15) is 0 Å². The van der Waals surface area contributed by atoms with Gasteiger partial charge in [0.15, 0.2) is 0 Å². The van der Waals surface area contributed by atoms with Gasteiger partial charge in [0.25, 0.3) is 5.97 Å². The van der Waals surface area contributed by atoms with Crippen LogP contribution in [0.15, 0.2) is 0 Å². The fraction of sp³-hybridized carbons (Fsp3) is 0.500. The molecule has 0 rings (SSSR count). The maximum atomic E-state index is 9.00. The van der Waals surface area contributed by atoms with Crippen molar-refractivity contribution in [3.63, 3.8) is 0 Å². The second kappa shape index (κ2) is 9.06. The van der Waals surface area contributed by atoms with Crippen molar-refractivity contribution in [1.82, 2.24) is 6.15 Å². The van der Waals surface area contributed by atoms with Crippen LogP contribution in [0.4, 0.5) is 0 Å². The molecule has 0 bridgehead atoms. The third-order valence-electron chi connectivity index (χ3n) is 0. The van der Waals surface area contributed by atoms with Crippen LogP contribution in [0.25, 0.3) is 0 Å². The molecule has 0 aromatic heterocycles. The van der Waals surface area contributed by atoms with Gasteiger partial charge in [0.2, 0.25) is 0 Å². The van der Waals surface area contributed by atoms with Crippen LogP contribution in [0.5, 0.6) is 0 Å². The van der Waals surface area contributed by atoms with Crippen LogP contribution in [0, 0.1) is 0 Å². The number of rotatable bonds is 0. The predicted octanol–water partition coefficient (Wildman–Crippen LogP) is -0.396. The second-order valence-electron chi connectivity index (χ2n) is 0.519. The van der Waals surface area contributed by atoms with E-state index in [1.165, 1.54) is 0 Å². The van der Waals surface area contributed by atoms with Gasteiger partial charge in [0, 0.05) is 6.92 Å². The third kappa shape index (κ3) is 282. The van der Waals surface area contributed by atoms with Crippen molar-refractivity contribution < 1.29 is 9.90 Å². The normalized spacial score (nSPS) is 4.17. The summed E-state index contributed by atoms with van der Waals surface area (Å²) in [6.45, 7) is 1.08. The molecule has 0 fully saturated rings. The molecular formula is C2H8NNaO2. The van der Waals surface area contributed by atoms with Gasteiger partial charge in [-0.15, -0.1) is 0 Å². The van der Waals surface area contributed by atoms with Crippen molar-refractivity contribution in [2.24, 2.45) is 0 Å². The minimum atomic E-state index is -0.833. The van der Waals surface area contributed by atoms with Gasteiger partial charge in [-0.3, -0.25) is 4.79 Å². The average molecular weight is 101 g/mol. The Labute approximate surface area is 58.6 Å². The van der Waals surface area contributed by atoms with Crippen LogP contribution in [0.2, 0.25) is 0 Å². The van der Waals surface area contributed by atoms with E-state index in [4.69, 9.17) is 9.90 Å². The van der Waals surface area contributed by atoms with Crippen LogP contribution in [0.1, 0.15) is 6.92 Å². The standard InChI is InChI=1S/C2H4O2.H3N.Na.H/c1-2(3)4;;;/h1H3,(H,3,4);1H3;;. The predicted molar refractivity (Wildman–Crippen MR) is 25.5 cm³/mol. The first-order valence-electron chi connectivity index (χ1n) is 0.928. The Bertz CT molecular complexity index is 34.5. The number of carbonyl (C=O) groups is 1. The molecule has 0 aliphatic carbocycles. The maximum absolute atomic E-state index is 9.00. The van der Waals surface area contributed by atoms with E-state index in [-0.39, 0.29) is 35.7 Å². The summed E-state index contributed by atoms with van der Waals surface area (Å²) in [5.41, 5.74) is 0. The van der Waals surface area contributed by atoms with E-state index >= 15 is 0 Å². The Morgan fingerprint density at radius 3 is 1.67 bits per heavy atom. The van der Waals surface area contributed by atoms with E-state index in [2.05, 4.69) is 0 Å². The number of hydrogen-bond donors (Lipinski definition) is 2. The van der Waals surface area contributed by atoms with E-state index in [0.717, 1.165) is 6.92 Å². The molecule has 0 saturated carbocycles. The Morgan fingerprint density at radius 2 is 1.67 bits per heavy atom. The quantitative estimate of drug-likeness (QED) is 0.408. The monoisotopic (exact) mass is 101 g/mol. The number of carboxylic acid groups (broad SMARTS) is 1. The molecule has 0 saturated heterocycles. The van der Waals surface area contributed by atoms with Gasteiger partial charge in [-0.05, 0) is 0 Å². The van der Waals surface area contributed by atoms with Gasteiger partial charge in [0.05, 0.1) is 0 Å². The van der Waals surface area contributed by atoms with Crippen LogP contribution in [-0.2, 0) is 4.79 Å². The average Bonchev–Trinajstić information content (AvgIpc) is 0.811. The summed E-state index contributed by atoms with van der Waals surface area (Å²) >= 11 is 0. The molecule has 0 atom stereocenters. The molecule has 6 heavy (non-hydrogen) atoms. The Hall–Kier alpha value is 0.430. The Balaban J connectivity index is -0.0000000450. The molecule has 0 aromatic rings. The van der Waals surface area contributed by atoms with Gasteiger partial charge in [-0.1, -0.05) is 0 Å². The van der Waals surface area contributed by atoms with E-state index in [1.807, 2.05) is 0 Å². The molecule has 0 aromatic carbocycles. The van der Waals surface area contributed by atoms with Crippen molar-refractivity contribution in [3.8, 4) is 0 Å². The van der Waals surface area contributed by atoms with Crippen LogP contribution in [-0.4, -0.2) is 40.6 Å². The Kier molecular flexibility index (Phi) is 24.3. The number of aliphatic carboxylic acids is 1. The third-order valence-corrected chi connectivity index (χ3v) is 0.